The minimum Gasteiger partial charge on any atom is -0.493 e. The molecule has 0 saturated heterocycles. The highest BCUT2D eigenvalue weighted by Gasteiger charge is 2.06. The van der Waals surface area contributed by atoms with E-state index in [9.17, 15) is 4.79 Å². The first kappa shape index (κ1) is 13.8. The van der Waals surface area contributed by atoms with Gasteiger partial charge in [0.1, 0.15) is 5.75 Å². The maximum Gasteiger partial charge on any atom is 0.162 e. The Kier molecular flexibility index (Phi) is 5.75. The topological polar surface area (TPSA) is 26.3 Å². The molecule has 0 fully saturated rings. The van der Waals surface area contributed by atoms with Crippen LogP contribution in [0.25, 0.3) is 0 Å². The first-order chi connectivity index (χ1) is 8.17. The lowest BCUT2D eigenvalue weighted by atomic mass is 10.1. The molecule has 94 valence electrons. The molecular weight excluding hydrogens is 212 g/mol. The fourth-order valence-corrected chi connectivity index (χ4v) is 1.78. The average Bonchev–Trinajstić information content (AvgIpc) is 2.36. The number of ether oxygens (including phenoxy) is 1. The Hall–Kier alpha value is -1.31. The summed E-state index contributed by atoms with van der Waals surface area (Å²) >= 11 is 0. The van der Waals surface area contributed by atoms with Crippen molar-refractivity contribution in [2.24, 2.45) is 5.92 Å². The van der Waals surface area contributed by atoms with E-state index < -0.39 is 0 Å². The molecule has 1 atom stereocenters. The third-order valence-electron chi connectivity index (χ3n) is 2.79. The van der Waals surface area contributed by atoms with Gasteiger partial charge in [0.25, 0.3) is 0 Å². The van der Waals surface area contributed by atoms with Crippen molar-refractivity contribution < 1.29 is 9.53 Å². The van der Waals surface area contributed by atoms with Crippen LogP contribution in [0.4, 0.5) is 0 Å². The maximum atomic E-state index is 11.6. The van der Waals surface area contributed by atoms with Crippen LogP contribution in [0.15, 0.2) is 24.3 Å². The van der Waals surface area contributed by atoms with Gasteiger partial charge in [0.05, 0.1) is 6.61 Å². The molecule has 2 heteroatoms. The van der Waals surface area contributed by atoms with Crippen molar-refractivity contribution in [3.8, 4) is 5.75 Å². The number of rotatable bonds is 7. The first-order valence-corrected chi connectivity index (χ1v) is 6.43. The summed E-state index contributed by atoms with van der Waals surface area (Å²) < 4.78 is 5.70. The third kappa shape index (κ3) is 4.59. The van der Waals surface area contributed by atoms with Gasteiger partial charge in [-0.1, -0.05) is 39.3 Å². The molecule has 17 heavy (non-hydrogen) atoms. The molecule has 0 aliphatic heterocycles. The van der Waals surface area contributed by atoms with Crippen molar-refractivity contribution in [3.63, 3.8) is 0 Å². The lowest BCUT2D eigenvalue weighted by Gasteiger charge is -2.12. The van der Waals surface area contributed by atoms with Gasteiger partial charge in [0, 0.05) is 12.0 Å². The molecule has 2 nitrogen and oxygen atoms in total. The summed E-state index contributed by atoms with van der Waals surface area (Å²) in [6, 6.07) is 7.46. The summed E-state index contributed by atoms with van der Waals surface area (Å²) in [6.07, 6.45) is 2.89. The minimum absolute atomic E-state index is 0.164. The van der Waals surface area contributed by atoms with Crippen molar-refractivity contribution in [2.45, 2.75) is 40.0 Å². The molecule has 0 spiro atoms. The molecule has 0 aromatic heterocycles. The second kappa shape index (κ2) is 7.10. The standard InChI is InChI=1S/C15H22O2/c1-4-7-12(3)11-17-14-9-6-8-13(10-14)15(16)5-2/h6,8-10,12H,4-5,7,11H2,1-3H3. The second-order valence-corrected chi connectivity index (χ2v) is 4.51. The molecule has 0 radical (unpaired) electrons. The van der Waals surface area contributed by atoms with Crippen LogP contribution < -0.4 is 4.74 Å². The van der Waals surface area contributed by atoms with Gasteiger partial charge in [-0.2, -0.15) is 0 Å². The number of benzene rings is 1. The molecule has 0 bridgehead atoms. The monoisotopic (exact) mass is 234 g/mol. The first-order valence-electron chi connectivity index (χ1n) is 6.43. The summed E-state index contributed by atoms with van der Waals surface area (Å²) in [6.45, 7) is 6.96. The van der Waals surface area contributed by atoms with Crippen LogP contribution in [-0.4, -0.2) is 12.4 Å². The molecule has 0 aliphatic rings. The van der Waals surface area contributed by atoms with E-state index in [4.69, 9.17) is 4.74 Å². The van der Waals surface area contributed by atoms with Crippen molar-refractivity contribution in [1.82, 2.24) is 0 Å². The van der Waals surface area contributed by atoms with E-state index in [1.807, 2.05) is 31.2 Å². The summed E-state index contributed by atoms with van der Waals surface area (Å²) in [5.74, 6) is 1.52. The van der Waals surface area contributed by atoms with Gasteiger partial charge in [0.2, 0.25) is 0 Å². The van der Waals surface area contributed by atoms with Gasteiger partial charge in [-0.15, -0.1) is 0 Å². The Morgan fingerprint density at radius 1 is 1.35 bits per heavy atom. The van der Waals surface area contributed by atoms with Crippen LogP contribution in [-0.2, 0) is 0 Å². The van der Waals surface area contributed by atoms with Crippen molar-refractivity contribution in [1.29, 1.82) is 0 Å². The van der Waals surface area contributed by atoms with E-state index in [0.717, 1.165) is 17.9 Å². The average molecular weight is 234 g/mol. The van der Waals surface area contributed by atoms with Gasteiger partial charge in [-0.3, -0.25) is 4.79 Å². The summed E-state index contributed by atoms with van der Waals surface area (Å²) in [7, 11) is 0. The van der Waals surface area contributed by atoms with Crippen LogP contribution in [0.1, 0.15) is 50.4 Å². The number of hydrogen-bond donors (Lipinski definition) is 0. The molecule has 0 saturated carbocycles. The zero-order chi connectivity index (χ0) is 12.7. The van der Waals surface area contributed by atoms with Crippen molar-refractivity contribution >= 4 is 5.78 Å². The van der Waals surface area contributed by atoms with Gasteiger partial charge >= 0.3 is 0 Å². The summed E-state index contributed by atoms with van der Waals surface area (Å²) in [4.78, 5) is 11.6. The Labute approximate surface area is 104 Å². The number of hydrogen-bond acceptors (Lipinski definition) is 2. The van der Waals surface area contributed by atoms with E-state index in [1.165, 1.54) is 12.8 Å². The predicted molar refractivity (Wildman–Crippen MR) is 70.6 cm³/mol. The van der Waals surface area contributed by atoms with Crippen LogP contribution in [0.3, 0.4) is 0 Å². The van der Waals surface area contributed by atoms with Crippen LogP contribution in [0, 0.1) is 5.92 Å². The van der Waals surface area contributed by atoms with Crippen molar-refractivity contribution in [2.75, 3.05) is 6.61 Å². The van der Waals surface area contributed by atoms with E-state index >= 15 is 0 Å². The number of Topliss-reactive ketones (excluding diaryl/α,β-unsaturated/α-hetero) is 1. The lowest BCUT2D eigenvalue weighted by Crippen LogP contribution is -2.08. The molecule has 0 N–H and O–H groups in total. The van der Waals surface area contributed by atoms with Crippen LogP contribution in [0.5, 0.6) is 5.75 Å². The molecule has 1 rings (SSSR count). The zero-order valence-corrected chi connectivity index (χ0v) is 11.0. The molecule has 0 aliphatic carbocycles. The molecule has 1 aromatic carbocycles. The largest absolute Gasteiger partial charge is 0.493 e. The maximum absolute atomic E-state index is 11.6. The molecular formula is C15H22O2. The van der Waals surface area contributed by atoms with E-state index in [0.29, 0.717) is 12.3 Å². The second-order valence-electron chi connectivity index (χ2n) is 4.51. The lowest BCUT2D eigenvalue weighted by molar-refractivity contribution is 0.0987. The minimum atomic E-state index is 0.164. The fourth-order valence-electron chi connectivity index (χ4n) is 1.78. The van der Waals surface area contributed by atoms with Crippen LogP contribution >= 0.6 is 0 Å². The Balaban J connectivity index is 2.57. The Bertz CT molecular complexity index is 358. The Morgan fingerprint density at radius 3 is 2.76 bits per heavy atom. The quantitative estimate of drug-likeness (QED) is 0.664. The third-order valence-corrected chi connectivity index (χ3v) is 2.79. The number of ketones is 1. The van der Waals surface area contributed by atoms with Gasteiger partial charge < -0.3 is 4.74 Å². The smallest absolute Gasteiger partial charge is 0.162 e. The number of carbonyl (C=O) groups excluding carboxylic acids is 1. The highest BCUT2D eigenvalue weighted by atomic mass is 16.5. The summed E-state index contributed by atoms with van der Waals surface area (Å²) in [5.41, 5.74) is 0.744. The Morgan fingerprint density at radius 2 is 2.12 bits per heavy atom. The van der Waals surface area contributed by atoms with Gasteiger partial charge in [-0.25, -0.2) is 0 Å². The van der Waals surface area contributed by atoms with Crippen LogP contribution in [0.2, 0.25) is 0 Å². The number of carbonyl (C=O) groups is 1. The molecule has 1 aromatic rings. The normalized spacial score (nSPS) is 12.2. The zero-order valence-electron chi connectivity index (χ0n) is 11.0. The van der Waals surface area contributed by atoms with Crippen molar-refractivity contribution in [3.05, 3.63) is 29.8 Å². The molecule has 0 amide bonds. The van der Waals surface area contributed by atoms with E-state index in [2.05, 4.69) is 13.8 Å². The molecule has 0 heterocycles. The summed E-state index contributed by atoms with van der Waals surface area (Å²) in [5, 5.41) is 0. The van der Waals surface area contributed by atoms with E-state index in [-0.39, 0.29) is 5.78 Å². The highest BCUT2D eigenvalue weighted by Crippen LogP contribution is 2.16. The molecule has 1 unspecified atom stereocenters. The van der Waals surface area contributed by atoms with E-state index in [1.54, 1.807) is 0 Å². The van der Waals surface area contributed by atoms with Gasteiger partial charge in [0.15, 0.2) is 5.78 Å². The predicted octanol–water partition coefficient (Wildman–Crippen LogP) is 4.09. The SMILES string of the molecule is CCCC(C)COc1cccc(C(=O)CC)c1. The fraction of sp³-hybridized carbons (Fsp3) is 0.533. The highest BCUT2D eigenvalue weighted by molar-refractivity contribution is 5.96. The van der Waals surface area contributed by atoms with Gasteiger partial charge in [-0.05, 0) is 24.5 Å².